The third-order valence-electron chi connectivity index (χ3n) is 6.85. The lowest BCUT2D eigenvalue weighted by atomic mass is 9.52. The summed E-state index contributed by atoms with van der Waals surface area (Å²) >= 11 is 0. The lowest BCUT2D eigenvalue weighted by Crippen LogP contribution is -2.53. The number of hydrogen-bond donors (Lipinski definition) is 2. The van der Waals surface area contributed by atoms with Gasteiger partial charge in [-0.25, -0.2) is 4.39 Å². The zero-order valence-corrected chi connectivity index (χ0v) is 18.9. The number of carboxylic acid groups (broad SMARTS) is 1. The number of rotatable bonds is 7. The molecule has 0 aliphatic heterocycles. The fourth-order valence-corrected chi connectivity index (χ4v) is 5.26. The Balaban J connectivity index is 1.47. The molecule has 5 rings (SSSR count). The van der Waals surface area contributed by atoms with Crippen molar-refractivity contribution in [3.8, 4) is 16.9 Å². The average Bonchev–Trinajstić information content (AvgIpc) is 2.85. The van der Waals surface area contributed by atoms with Gasteiger partial charge in [0.1, 0.15) is 11.6 Å². The van der Waals surface area contributed by atoms with Crippen molar-refractivity contribution in [2.75, 3.05) is 0 Å². The van der Waals surface area contributed by atoms with Crippen LogP contribution in [0.3, 0.4) is 0 Å². The summed E-state index contributed by atoms with van der Waals surface area (Å²) in [5.41, 5.74) is 3.37. The number of carbonyl (C=O) groups is 1. The van der Waals surface area contributed by atoms with Gasteiger partial charge in [-0.3, -0.25) is 4.79 Å². The Morgan fingerprint density at radius 2 is 1.31 bits per heavy atom. The number of carboxylic acids is 1. The van der Waals surface area contributed by atoms with Crippen molar-refractivity contribution in [3.63, 3.8) is 0 Å². The fraction of sp³-hybridized carbons (Fsp3) is 0.167. The van der Waals surface area contributed by atoms with Crippen molar-refractivity contribution in [3.05, 3.63) is 126 Å². The molecule has 1 aliphatic rings. The molecule has 4 aromatic carbocycles. The van der Waals surface area contributed by atoms with Gasteiger partial charge in [0.15, 0.2) is 0 Å². The Morgan fingerprint density at radius 1 is 0.743 bits per heavy atom. The van der Waals surface area contributed by atoms with Crippen LogP contribution in [-0.2, 0) is 4.79 Å². The van der Waals surface area contributed by atoms with Crippen molar-refractivity contribution in [2.24, 2.45) is 11.8 Å². The summed E-state index contributed by atoms with van der Waals surface area (Å²) in [7, 11) is 0. The van der Waals surface area contributed by atoms with Crippen LogP contribution in [-0.4, -0.2) is 22.5 Å². The van der Waals surface area contributed by atoms with Crippen molar-refractivity contribution < 1.29 is 24.1 Å². The number of ether oxygens (including phenoxy) is 1. The highest BCUT2D eigenvalue weighted by atomic mass is 19.1. The zero-order valence-electron chi connectivity index (χ0n) is 18.9. The predicted octanol–water partition coefficient (Wildman–Crippen LogP) is 6.09. The van der Waals surface area contributed by atoms with Crippen LogP contribution in [0.1, 0.15) is 23.0 Å². The van der Waals surface area contributed by atoms with E-state index in [9.17, 15) is 19.4 Å². The topological polar surface area (TPSA) is 66.8 Å². The second-order valence-corrected chi connectivity index (χ2v) is 8.86. The molecule has 1 fully saturated rings. The van der Waals surface area contributed by atoms with E-state index in [2.05, 4.69) is 0 Å². The summed E-state index contributed by atoms with van der Waals surface area (Å²) < 4.78 is 19.4. The quantitative estimate of drug-likeness (QED) is 0.322. The molecule has 0 amide bonds. The van der Waals surface area contributed by atoms with Gasteiger partial charge in [0.2, 0.25) is 6.29 Å². The van der Waals surface area contributed by atoms with E-state index >= 15 is 0 Å². The maximum absolute atomic E-state index is 13.3. The first-order valence-corrected chi connectivity index (χ1v) is 11.6. The zero-order chi connectivity index (χ0) is 24.4. The number of benzene rings is 4. The molecule has 0 heterocycles. The smallest absolute Gasteiger partial charge is 0.307 e. The first-order valence-electron chi connectivity index (χ1n) is 11.6. The molecule has 4 aromatic rings. The van der Waals surface area contributed by atoms with Crippen LogP contribution in [0.2, 0.25) is 0 Å². The van der Waals surface area contributed by atoms with E-state index in [1.54, 1.807) is 24.3 Å². The van der Waals surface area contributed by atoms with E-state index in [-0.39, 0.29) is 5.82 Å². The minimum absolute atomic E-state index is 0.312. The Kier molecular flexibility index (Phi) is 6.34. The molecule has 5 atom stereocenters. The standard InChI is InChI=1S/C30H25FO4/c31-23-16-14-19(15-17-23)22-12-7-13-24(18-22)35-30(34)28-25(20-8-3-1-4-9-20)27(29(32)33)26(28)21-10-5-2-6-11-21/h1-18,25-28,30,34H,(H,32,33)/t25-,26?,27?,28?,30-/m1/s1. The van der Waals surface area contributed by atoms with Gasteiger partial charge < -0.3 is 14.9 Å². The van der Waals surface area contributed by atoms with Gasteiger partial charge in [0.05, 0.1) is 5.92 Å². The fourth-order valence-electron chi connectivity index (χ4n) is 5.26. The Morgan fingerprint density at radius 3 is 1.86 bits per heavy atom. The van der Waals surface area contributed by atoms with Gasteiger partial charge >= 0.3 is 5.97 Å². The van der Waals surface area contributed by atoms with E-state index in [0.29, 0.717) is 5.75 Å². The van der Waals surface area contributed by atoms with Crippen molar-refractivity contribution in [1.29, 1.82) is 0 Å². The summed E-state index contributed by atoms with van der Waals surface area (Å²) in [4.78, 5) is 12.4. The Hall–Kier alpha value is -3.96. The maximum Gasteiger partial charge on any atom is 0.307 e. The summed E-state index contributed by atoms with van der Waals surface area (Å²) in [5, 5.41) is 21.4. The van der Waals surface area contributed by atoms with E-state index in [1.807, 2.05) is 72.8 Å². The van der Waals surface area contributed by atoms with Crippen molar-refractivity contribution >= 4 is 5.97 Å². The highest BCUT2D eigenvalue weighted by molar-refractivity contribution is 5.75. The second kappa shape index (κ2) is 9.72. The highest BCUT2D eigenvalue weighted by Crippen LogP contribution is 2.59. The molecule has 0 saturated heterocycles. The Bertz CT molecular complexity index is 1240. The van der Waals surface area contributed by atoms with E-state index in [0.717, 1.165) is 22.3 Å². The van der Waals surface area contributed by atoms with Crippen LogP contribution >= 0.6 is 0 Å². The molecule has 0 aromatic heterocycles. The SMILES string of the molecule is O=C(O)C1C(c2ccccc2)C([C@H](O)Oc2cccc(-c3ccc(F)cc3)c2)[C@@H]1c1ccccc1. The highest BCUT2D eigenvalue weighted by Gasteiger charge is 2.58. The molecular formula is C30H25FO4. The molecule has 0 radical (unpaired) electrons. The van der Waals surface area contributed by atoms with Gasteiger partial charge in [0, 0.05) is 17.8 Å². The molecule has 5 heteroatoms. The van der Waals surface area contributed by atoms with Crippen LogP contribution < -0.4 is 4.74 Å². The average molecular weight is 469 g/mol. The van der Waals surface area contributed by atoms with Gasteiger partial charge in [-0.15, -0.1) is 0 Å². The number of aliphatic hydroxyl groups is 1. The van der Waals surface area contributed by atoms with Crippen LogP contribution in [0.5, 0.6) is 5.75 Å². The first-order chi connectivity index (χ1) is 17.0. The van der Waals surface area contributed by atoms with Crippen LogP contribution in [0, 0.1) is 17.7 Å². The summed E-state index contributed by atoms with van der Waals surface area (Å²) in [6, 6.07) is 32.3. The summed E-state index contributed by atoms with van der Waals surface area (Å²) in [6.07, 6.45) is -1.23. The van der Waals surface area contributed by atoms with E-state index < -0.39 is 35.9 Å². The first kappa shape index (κ1) is 22.8. The third-order valence-corrected chi connectivity index (χ3v) is 6.85. The molecule has 4 nitrogen and oxygen atoms in total. The molecule has 3 unspecified atom stereocenters. The summed E-state index contributed by atoms with van der Waals surface area (Å²) in [5.74, 6) is -2.72. The lowest BCUT2D eigenvalue weighted by Gasteiger charge is -2.52. The van der Waals surface area contributed by atoms with Gasteiger partial charge in [-0.05, 0) is 46.5 Å². The largest absolute Gasteiger partial charge is 0.481 e. The van der Waals surface area contributed by atoms with Crippen LogP contribution in [0.15, 0.2) is 109 Å². The normalized spacial score (nSPS) is 22.1. The number of aliphatic hydroxyl groups excluding tert-OH is 1. The van der Waals surface area contributed by atoms with Crippen LogP contribution in [0.25, 0.3) is 11.1 Å². The van der Waals surface area contributed by atoms with E-state index in [4.69, 9.17) is 4.74 Å². The molecular weight excluding hydrogens is 443 g/mol. The van der Waals surface area contributed by atoms with Gasteiger partial charge in [-0.1, -0.05) is 84.9 Å². The molecule has 0 spiro atoms. The minimum atomic E-state index is -1.23. The molecule has 35 heavy (non-hydrogen) atoms. The van der Waals surface area contributed by atoms with Crippen molar-refractivity contribution in [1.82, 2.24) is 0 Å². The number of halogens is 1. The monoisotopic (exact) mass is 468 g/mol. The van der Waals surface area contributed by atoms with Crippen molar-refractivity contribution in [2.45, 2.75) is 18.1 Å². The molecule has 1 aliphatic carbocycles. The Labute approximate surface area is 203 Å². The second-order valence-electron chi connectivity index (χ2n) is 8.86. The molecule has 1 saturated carbocycles. The molecule has 2 N–H and O–H groups in total. The third kappa shape index (κ3) is 4.55. The van der Waals surface area contributed by atoms with Gasteiger partial charge in [0.25, 0.3) is 0 Å². The predicted molar refractivity (Wildman–Crippen MR) is 131 cm³/mol. The maximum atomic E-state index is 13.3. The summed E-state index contributed by atoms with van der Waals surface area (Å²) in [6.45, 7) is 0. The van der Waals surface area contributed by atoms with Gasteiger partial charge in [-0.2, -0.15) is 0 Å². The van der Waals surface area contributed by atoms with E-state index in [1.165, 1.54) is 12.1 Å². The lowest BCUT2D eigenvalue weighted by molar-refractivity contribution is -0.165. The van der Waals surface area contributed by atoms with Crippen LogP contribution in [0.4, 0.5) is 4.39 Å². The minimum Gasteiger partial charge on any atom is -0.481 e. The number of aliphatic carboxylic acids is 1. The molecule has 0 bridgehead atoms. The molecule has 176 valence electrons. The number of hydrogen-bond acceptors (Lipinski definition) is 3.